The smallest absolute Gasteiger partial charge is 0.297 e. The zero-order chi connectivity index (χ0) is 14.8. The van der Waals surface area contributed by atoms with Crippen LogP contribution in [-0.4, -0.2) is 20.1 Å². The Morgan fingerprint density at radius 2 is 2.19 bits per heavy atom. The van der Waals surface area contributed by atoms with Gasteiger partial charge in [0.1, 0.15) is 12.4 Å². The third-order valence-electron chi connectivity index (χ3n) is 2.92. The maximum absolute atomic E-state index is 11.9. The lowest BCUT2D eigenvalue weighted by molar-refractivity contribution is 0.275. The number of hydrogen-bond acceptors (Lipinski definition) is 5. The van der Waals surface area contributed by atoms with Crippen LogP contribution in [-0.2, 0) is 6.61 Å². The van der Waals surface area contributed by atoms with E-state index in [1.54, 1.807) is 24.3 Å². The SMILES string of the molecule is O=c1[nH]c(OCc2cccc(Cl)c2O)nc2cnccc12. The van der Waals surface area contributed by atoms with E-state index in [4.69, 9.17) is 16.3 Å². The number of fused-ring (bicyclic) bond motifs is 1. The summed E-state index contributed by atoms with van der Waals surface area (Å²) in [4.78, 5) is 22.4. The van der Waals surface area contributed by atoms with Crippen LogP contribution in [0.4, 0.5) is 0 Å². The van der Waals surface area contributed by atoms with Crippen LogP contribution in [0.5, 0.6) is 11.8 Å². The molecule has 2 heterocycles. The molecule has 0 fully saturated rings. The summed E-state index contributed by atoms with van der Waals surface area (Å²) in [6.45, 7) is 0.0289. The number of aromatic hydroxyl groups is 1. The molecule has 21 heavy (non-hydrogen) atoms. The van der Waals surface area contributed by atoms with Crippen molar-refractivity contribution < 1.29 is 9.84 Å². The second-order valence-corrected chi connectivity index (χ2v) is 4.71. The number of rotatable bonds is 3. The Kier molecular flexibility index (Phi) is 3.45. The molecule has 0 radical (unpaired) electrons. The van der Waals surface area contributed by atoms with E-state index in [-0.39, 0.29) is 28.9 Å². The number of halogens is 1. The van der Waals surface area contributed by atoms with Gasteiger partial charge in [-0.25, -0.2) is 0 Å². The lowest BCUT2D eigenvalue weighted by Crippen LogP contribution is -2.11. The third kappa shape index (κ3) is 2.66. The standard InChI is InChI=1S/C14H10ClN3O3/c15-10-3-1-2-8(12(10)19)7-21-14-17-11-6-16-5-4-9(11)13(20)18-14/h1-6,19H,7H2,(H,17,18,20). The Balaban J connectivity index is 1.89. The fourth-order valence-electron chi connectivity index (χ4n) is 1.86. The van der Waals surface area contributed by atoms with Crippen LogP contribution in [0.1, 0.15) is 5.56 Å². The molecule has 0 saturated heterocycles. The molecule has 7 heteroatoms. The van der Waals surface area contributed by atoms with Crippen LogP contribution in [0, 0.1) is 0 Å². The molecular formula is C14H10ClN3O3. The van der Waals surface area contributed by atoms with Gasteiger partial charge in [-0.1, -0.05) is 23.7 Å². The van der Waals surface area contributed by atoms with Crippen LogP contribution in [0.2, 0.25) is 5.02 Å². The van der Waals surface area contributed by atoms with E-state index in [0.29, 0.717) is 16.5 Å². The summed E-state index contributed by atoms with van der Waals surface area (Å²) >= 11 is 5.81. The topological polar surface area (TPSA) is 88.1 Å². The number of para-hydroxylation sites is 1. The number of hydrogen-bond donors (Lipinski definition) is 2. The Hall–Kier alpha value is -2.60. The maximum Gasteiger partial charge on any atom is 0.297 e. The first-order chi connectivity index (χ1) is 10.1. The zero-order valence-electron chi connectivity index (χ0n) is 10.7. The highest BCUT2D eigenvalue weighted by Gasteiger charge is 2.08. The summed E-state index contributed by atoms with van der Waals surface area (Å²) in [5, 5.41) is 10.5. The van der Waals surface area contributed by atoms with Gasteiger partial charge in [0.05, 0.1) is 22.1 Å². The summed E-state index contributed by atoms with van der Waals surface area (Å²) in [6, 6.07) is 6.57. The van der Waals surface area contributed by atoms with E-state index in [1.165, 1.54) is 12.4 Å². The van der Waals surface area contributed by atoms with Gasteiger partial charge in [-0.15, -0.1) is 0 Å². The van der Waals surface area contributed by atoms with Gasteiger partial charge in [0.2, 0.25) is 0 Å². The van der Waals surface area contributed by atoms with Crippen molar-refractivity contribution in [2.24, 2.45) is 0 Å². The zero-order valence-corrected chi connectivity index (χ0v) is 11.5. The number of H-pyrrole nitrogens is 1. The highest BCUT2D eigenvalue weighted by Crippen LogP contribution is 2.27. The van der Waals surface area contributed by atoms with Gasteiger partial charge in [-0.3, -0.25) is 14.8 Å². The normalized spacial score (nSPS) is 10.7. The highest BCUT2D eigenvalue weighted by atomic mass is 35.5. The minimum atomic E-state index is -0.312. The molecule has 106 valence electrons. The van der Waals surface area contributed by atoms with Gasteiger partial charge < -0.3 is 9.84 Å². The molecule has 0 bridgehead atoms. The molecule has 2 N–H and O–H groups in total. The van der Waals surface area contributed by atoms with E-state index in [9.17, 15) is 9.90 Å². The van der Waals surface area contributed by atoms with Gasteiger partial charge >= 0.3 is 0 Å². The first-order valence-corrected chi connectivity index (χ1v) is 6.46. The Morgan fingerprint density at radius 1 is 1.33 bits per heavy atom. The average Bonchev–Trinajstić information content (AvgIpc) is 2.49. The molecule has 0 aliphatic heterocycles. The van der Waals surface area contributed by atoms with Crippen molar-refractivity contribution in [3.63, 3.8) is 0 Å². The summed E-state index contributed by atoms with van der Waals surface area (Å²) in [6.07, 6.45) is 3.00. The number of phenols is 1. The molecular weight excluding hydrogens is 294 g/mol. The van der Waals surface area contributed by atoms with Gasteiger partial charge in [0.15, 0.2) is 0 Å². The van der Waals surface area contributed by atoms with Crippen molar-refractivity contribution in [2.75, 3.05) is 0 Å². The molecule has 3 aromatic rings. The van der Waals surface area contributed by atoms with Gasteiger partial charge in [-0.2, -0.15) is 4.98 Å². The average molecular weight is 304 g/mol. The molecule has 0 aliphatic rings. The fourth-order valence-corrected chi connectivity index (χ4v) is 2.05. The lowest BCUT2D eigenvalue weighted by atomic mass is 10.2. The minimum absolute atomic E-state index is 0.0289. The van der Waals surface area contributed by atoms with Gasteiger partial charge in [-0.05, 0) is 12.1 Å². The highest BCUT2D eigenvalue weighted by molar-refractivity contribution is 6.32. The molecule has 0 saturated carbocycles. The second-order valence-electron chi connectivity index (χ2n) is 4.30. The van der Waals surface area contributed by atoms with Crippen molar-refractivity contribution in [2.45, 2.75) is 6.61 Å². The van der Waals surface area contributed by atoms with E-state index in [1.807, 2.05) is 0 Å². The number of aromatic amines is 1. The number of nitrogens with zero attached hydrogens (tertiary/aromatic N) is 2. The molecule has 2 aromatic heterocycles. The van der Waals surface area contributed by atoms with Gasteiger partial charge in [0.25, 0.3) is 11.6 Å². The van der Waals surface area contributed by atoms with Crippen LogP contribution in [0.15, 0.2) is 41.5 Å². The molecule has 0 amide bonds. The molecule has 0 atom stereocenters. The summed E-state index contributed by atoms with van der Waals surface area (Å²) in [5.74, 6) is -0.0519. The Morgan fingerprint density at radius 3 is 3.05 bits per heavy atom. The largest absolute Gasteiger partial charge is 0.506 e. The van der Waals surface area contributed by atoms with Gasteiger partial charge in [0, 0.05) is 11.8 Å². The molecule has 6 nitrogen and oxygen atoms in total. The monoisotopic (exact) mass is 303 g/mol. The number of ether oxygens (including phenoxy) is 1. The maximum atomic E-state index is 11.9. The van der Waals surface area contributed by atoms with Crippen LogP contribution in [0.25, 0.3) is 10.9 Å². The summed E-state index contributed by atoms with van der Waals surface area (Å²) in [5.41, 5.74) is 0.621. The molecule has 0 aliphatic carbocycles. The quantitative estimate of drug-likeness (QED) is 0.775. The Labute approximate surface area is 124 Å². The first kappa shape index (κ1) is 13.4. The first-order valence-electron chi connectivity index (χ1n) is 6.08. The number of phenolic OH excluding ortho intramolecular Hbond substituents is 1. The minimum Gasteiger partial charge on any atom is -0.506 e. The molecule has 1 aromatic carbocycles. The third-order valence-corrected chi connectivity index (χ3v) is 3.23. The van der Waals surface area contributed by atoms with Crippen molar-refractivity contribution in [1.82, 2.24) is 15.0 Å². The van der Waals surface area contributed by atoms with Crippen molar-refractivity contribution >= 4 is 22.5 Å². The molecule has 3 rings (SSSR count). The van der Waals surface area contributed by atoms with Crippen molar-refractivity contribution in [3.8, 4) is 11.8 Å². The summed E-state index contributed by atoms with van der Waals surface area (Å²) < 4.78 is 5.40. The molecule has 0 spiro atoms. The predicted octanol–water partition coefficient (Wildman–Crippen LogP) is 2.26. The van der Waals surface area contributed by atoms with E-state index >= 15 is 0 Å². The van der Waals surface area contributed by atoms with Crippen LogP contribution >= 0.6 is 11.6 Å². The van der Waals surface area contributed by atoms with Crippen molar-refractivity contribution in [3.05, 3.63) is 57.6 Å². The molecule has 0 unspecified atom stereocenters. The Bertz CT molecular complexity index is 863. The van der Waals surface area contributed by atoms with Crippen LogP contribution in [0.3, 0.4) is 0 Å². The van der Waals surface area contributed by atoms with Crippen LogP contribution < -0.4 is 10.3 Å². The number of aromatic nitrogens is 3. The second kappa shape index (κ2) is 5.41. The number of benzene rings is 1. The number of nitrogens with one attached hydrogen (secondary N) is 1. The fraction of sp³-hybridized carbons (Fsp3) is 0.0714. The predicted molar refractivity (Wildman–Crippen MR) is 77.6 cm³/mol. The number of pyridine rings is 1. The van der Waals surface area contributed by atoms with Crippen molar-refractivity contribution in [1.29, 1.82) is 0 Å². The van der Waals surface area contributed by atoms with E-state index in [0.717, 1.165) is 0 Å². The summed E-state index contributed by atoms with van der Waals surface area (Å²) in [7, 11) is 0. The van der Waals surface area contributed by atoms with E-state index < -0.39 is 0 Å². The van der Waals surface area contributed by atoms with E-state index in [2.05, 4.69) is 15.0 Å². The lowest BCUT2D eigenvalue weighted by Gasteiger charge is -2.08.